The molecule has 30 heavy (non-hydrogen) atoms. The molecule has 0 bridgehead atoms. The van der Waals surface area contributed by atoms with Gasteiger partial charge in [0.15, 0.2) is 0 Å². The molecule has 0 fully saturated rings. The van der Waals surface area contributed by atoms with Crippen LogP contribution in [0.4, 0.5) is 11.4 Å². The van der Waals surface area contributed by atoms with Crippen LogP contribution in [-0.2, 0) is 9.59 Å². The highest BCUT2D eigenvalue weighted by Crippen LogP contribution is 2.35. The van der Waals surface area contributed by atoms with E-state index >= 15 is 0 Å². The van der Waals surface area contributed by atoms with Crippen molar-refractivity contribution in [1.82, 2.24) is 14.6 Å². The van der Waals surface area contributed by atoms with Crippen molar-refractivity contribution < 1.29 is 9.59 Å². The van der Waals surface area contributed by atoms with Gasteiger partial charge in [0, 0.05) is 11.3 Å². The molecule has 0 saturated carbocycles. The van der Waals surface area contributed by atoms with E-state index in [1.165, 1.54) is 15.7 Å². The minimum atomic E-state index is -0.392. The molecule has 0 unspecified atom stereocenters. The largest absolute Gasteiger partial charge is 0.325 e. The Hall–Kier alpha value is -3.85. The lowest BCUT2D eigenvalue weighted by Crippen LogP contribution is -2.37. The Morgan fingerprint density at radius 3 is 2.77 bits per heavy atom. The van der Waals surface area contributed by atoms with E-state index in [1.54, 1.807) is 30.3 Å². The van der Waals surface area contributed by atoms with E-state index in [-0.39, 0.29) is 22.6 Å². The van der Waals surface area contributed by atoms with Crippen molar-refractivity contribution in [3.63, 3.8) is 0 Å². The molecule has 148 valence electrons. The van der Waals surface area contributed by atoms with Gasteiger partial charge in [-0.2, -0.15) is 9.61 Å². The second kappa shape index (κ2) is 6.89. The molecule has 1 aliphatic heterocycles. The fraction of sp³-hybridized carbons (Fsp3) is 0.0952. The SMILES string of the molecule is Cc1cccc(NC(=O)CN2C(=O)/C(=c3\sc4ncnn4c3=O)c3ccccc32)c1. The first-order valence-electron chi connectivity index (χ1n) is 9.17. The first-order valence-corrected chi connectivity index (χ1v) is 9.99. The smallest absolute Gasteiger partial charge is 0.291 e. The van der Waals surface area contributed by atoms with E-state index in [2.05, 4.69) is 15.4 Å². The third-order valence-corrected chi connectivity index (χ3v) is 5.89. The quantitative estimate of drug-likeness (QED) is 0.543. The van der Waals surface area contributed by atoms with Crippen molar-refractivity contribution in [3.05, 3.63) is 80.9 Å². The number of fused-ring (bicyclic) bond motifs is 2. The monoisotopic (exact) mass is 417 g/mol. The maximum absolute atomic E-state index is 13.3. The number of thiazole rings is 1. The van der Waals surface area contributed by atoms with Gasteiger partial charge in [-0.15, -0.1) is 0 Å². The van der Waals surface area contributed by atoms with Gasteiger partial charge in [-0.05, 0) is 30.7 Å². The summed E-state index contributed by atoms with van der Waals surface area (Å²) in [4.78, 5) is 44.5. The van der Waals surface area contributed by atoms with Crippen molar-refractivity contribution >= 4 is 45.1 Å². The molecule has 1 N–H and O–H groups in total. The number of aryl methyl sites for hydroxylation is 1. The van der Waals surface area contributed by atoms with Gasteiger partial charge < -0.3 is 5.32 Å². The predicted molar refractivity (Wildman–Crippen MR) is 113 cm³/mol. The van der Waals surface area contributed by atoms with E-state index in [0.717, 1.165) is 16.9 Å². The van der Waals surface area contributed by atoms with Gasteiger partial charge in [-0.1, -0.05) is 41.7 Å². The third-order valence-electron chi connectivity index (χ3n) is 4.85. The molecule has 2 aromatic heterocycles. The Morgan fingerprint density at radius 2 is 1.97 bits per heavy atom. The number of anilines is 2. The normalized spacial score (nSPS) is 15.0. The molecular formula is C21H15N5O3S. The molecule has 4 aromatic rings. The van der Waals surface area contributed by atoms with Gasteiger partial charge >= 0.3 is 0 Å². The summed E-state index contributed by atoms with van der Waals surface area (Å²) in [5.41, 5.74) is 2.78. The summed E-state index contributed by atoms with van der Waals surface area (Å²) in [6, 6.07) is 14.6. The van der Waals surface area contributed by atoms with Crippen LogP contribution in [0.15, 0.2) is 59.7 Å². The summed E-state index contributed by atoms with van der Waals surface area (Å²) in [7, 11) is 0. The lowest BCUT2D eigenvalue weighted by molar-refractivity contribution is -0.118. The second-order valence-electron chi connectivity index (χ2n) is 6.89. The standard InChI is InChI=1S/C21H15N5O3S/c1-12-5-4-6-13(9-12)24-16(27)10-25-15-8-3-2-7-14(15)17(19(25)28)18-20(29)26-21(30-18)22-11-23-26/h2-9,11H,10H2,1H3,(H,24,27)/b18-17-. The summed E-state index contributed by atoms with van der Waals surface area (Å²) in [6.45, 7) is 1.77. The first kappa shape index (κ1) is 18.2. The first-order chi connectivity index (χ1) is 14.5. The minimum Gasteiger partial charge on any atom is -0.325 e. The lowest BCUT2D eigenvalue weighted by Gasteiger charge is -2.16. The molecule has 0 saturated heterocycles. The van der Waals surface area contributed by atoms with Gasteiger partial charge in [-0.25, -0.2) is 4.98 Å². The molecule has 9 heteroatoms. The van der Waals surface area contributed by atoms with Gasteiger partial charge in [-0.3, -0.25) is 19.3 Å². The number of aromatic nitrogens is 3. The highest BCUT2D eigenvalue weighted by molar-refractivity contribution is 7.15. The fourth-order valence-corrected chi connectivity index (χ4v) is 4.52. The third kappa shape index (κ3) is 2.87. The van der Waals surface area contributed by atoms with Crippen molar-refractivity contribution in [2.75, 3.05) is 16.8 Å². The van der Waals surface area contributed by atoms with E-state index in [1.807, 2.05) is 25.1 Å². The van der Waals surface area contributed by atoms with Crippen LogP contribution in [0.25, 0.3) is 10.5 Å². The molecule has 3 heterocycles. The van der Waals surface area contributed by atoms with Crippen LogP contribution in [0, 0.1) is 6.92 Å². The molecule has 1 aliphatic rings. The van der Waals surface area contributed by atoms with Gasteiger partial charge in [0.25, 0.3) is 11.5 Å². The van der Waals surface area contributed by atoms with Crippen LogP contribution < -0.4 is 20.3 Å². The molecule has 2 amide bonds. The number of nitrogens with one attached hydrogen (secondary N) is 1. The van der Waals surface area contributed by atoms with Crippen LogP contribution in [-0.4, -0.2) is 33.0 Å². The van der Waals surface area contributed by atoms with Crippen molar-refractivity contribution in [2.24, 2.45) is 0 Å². The molecule has 2 aromatic carbocycles. The number of hydrogen-bond donors (Lipinski definition) is 1. The summed E-state index contributed by atoms with van der Waals surface area (Å²) >= 11 is 1.11. The minimum absolute atomic E-state index is 0.164. The van der Waals surface area contributed by atoms with Crippen LogP contribution >= 0.6 is 11.3 Å². The average Bonchev–Trinajstić information content (AvgIpc) is 3.37. The van der Waals surface area contributed by atoms with Crippen molar-refractivity contribution in [1.29, 1.82) is 0 Å². The van der Waals surface area contributed by atoms with Crippen LogP contribution in [0.5, 0.6) is 0 Å². The number of nitrogens with zero attached hydrogens (tertiary/aromatic N) is 4. The predicted octanol–water partition coefficient (Wildman–Crippen LogP) is 1.36. The number of hydrogen-bond acceptors (Lipinski definition) is 6. The van der Waals surface area contributed by atoms with Gasteiger partial charge in [0.2, 0.25) is 10.9 Å². The van der Waals surface area contributed by atoms with Crippen LogP contribution in [0.2, 0.25) is 0 Å². The molecule has 0 radical (unpaired) electrons. The van der Waals surface area contributed by atoms with Crippen molar-refractivity contribution in [2.45, 2.75) is 6.92 Å². The Balaban J connectivity index is 1.55. The highest BCUT2D eigenvalue weighted by atomic mass is 32.1. The number of carbonyl (C=O) groups is 2. The van der Waals surface area contributed by atoms with E-state index in [0.29, 0.717) is 21.9 Å². The Morgan fingerprint density at radius 1 is 1.13 bits per heavy atom. The summed E-state index contributed by atoms with van der Waals surface area (Å²) < 4.78 is 1.44. The molecule has 0 spiro atoms. The Labute approximate surface area is 174 Å². The number of amides is 2. The van der Waals surface area contributed by atoms with Gasteiger partial charge in [0.05, 0.1) is 11.3 Å². The maximum atomic E-state index is 13.3. The molecule has 5 rings (SSSR count). The average molecular weight is 417 g/mol. The maximum Gasteiger partial charge on any atom is 0.291 e. The number of carbonyl (C=O) groups excluding carboxylic acids is 2. The molecular weight excluding hydrogens is 402 g/mol. The van der Waals surface area contributed by atoms with Crippen LogP contribution in [0.3, 0.4) is 0 Å². The Bertz CT molecular complexity index is 1440. The summed E-state index contributed by atoms with van der Waals surface area (Å²) in [5.74, 6) is -0.716. The van der Waals surface area contributed by atoms with E-state index in [9.17, 15) is 14.4 Å². The van der Waals surface area contributed by atoms with E-state index < -0.39 is 11.5 Å². The summed E-state index contributed by atoms with van der Waals surface area (Å²) in [5, 5.41) is 6.73. The molecule has 0 atom stereocenters. The van der Waals surface area contributed by atoms with Crippen LogP contribution in [0.1, 0.15) is 11.1 Å². The molecule has 8 nitrogen and oxygen atoms in total. The van der Waals surface area contributed by atoms with Gasteiger partial charge in [0.1, 0.15) is 17.4 Å². The Kier molecular flexibility index (Phi) is 4.18. The number of para-hydroxylation sites is 1. The number of rotatable bonds is 3. The van der Waals surface area contributed by atoms with E-state index in [4.69, 9.17) is 0 Å². The lowest BCUT2D eigenvalue weighted by atomic mass is 10.1. The van der Waals surface area contributed by atoms with Crippen molar-refractivity contribution in [3.8, 4) is 0 Å². The fourth-order valence-electron chi connectivity index (χ4n) is 3.55. The second-order valence-corrected chi connectivity index (χ2v) is 7.87. The zero-order chi connectivity index (χ0) is 20.8. The summed E-state index contributed by atoms with van der Waals surface area (Å²) in [6.07, 6.45) is 1.30. The zero-order valence-electron chi connectivity index (χ0n) is 15.8. The zero-order valence-corrected chi connectivity index (χ0v) is 16.6. The number of benzene rings is 2. The topological polar surface area (TPSA) is 96.7 Å². The highest BCUT2D eigenvalue weighted by Gasteiger charge is 2.35. The molecule has 0 aliphatic carbocycles.